The molecule has 7 rings (SSSR count). The van der Waals surface area contributed by atoms with Gasteiger partial charge in [0.25, 0.3) is 5.91 Å². The number of amides is 3. The van der Waals surface area contributed by atoms with Gasteiger partial charge >= 0.3 is 0 Å². The second kappa shape index (κ2) is 14.1. The largest absolute Gasteiger partial charge is 0.497 e. The summed E-state index contributed by atoms with van der Waals surface area (Å²) in [6.07, 6.45) is 3.71. The summed E-state index contributed by atoms with van der Waals surface area (Å²) in [5, 5.41) is 11.3. The molecule has 4 heterocycles. The number of rotatable bonds is 9. The van der Waals surface area contributed by atoms with Crippen LogP contribution in [-0.2, 0) is 31.3 Å². The predicted octanol–water partition coefficient (Wildman–Crippen LogP) is 6.11. The highest BCUT2D eigenvalue weighted by atomic mass is 79.9. The van der Waals surface area contributed by atoms with Crippen molar-refractivity contribution in [2.45, 2.75) is 88.4 Å². The minimum atomic E-state index is -2.45. The van der Waals surface area contributed by atoms with E-state index in [1.165, 1.54) is 5.19 Å². The van der Waals surface area contributed by atoms with E-state index < -0.39 is 19.8 Å². The Kier molecular flexibility index (Phi) is 9.94. The Morgan fingerprint density at radius 3 is 2.55 bits per heavy atom. The lowest BCUT2D eigenvalue weighted by Gasteiger charge is -2.37. The molecule has 0 aromatic heterocycles. The van der Waals surface area contributed by atoms with Crippen molar-refractivity contribution in [2.24, 2.45) is 5.92 Å². The summed E-state index contributed by atoms with van der Waals surface area (Å²) in [4.78, 5) is 47.5. The van der Waals surface area contributed by atoms with Crippen LogP contribution in [0.4, 0.5) is 11.4 Å². The van der Waals surface area contributed by atoms with Crippen LogP contribution < -0.4 is 19.7 Å². The van der Waals surface area contributed by atoms with Crippen LogP contribution >= 0.6 is 15.9 Å². The van der Waals surface area contributed by atoms with E-state index in [0.717, 1.165) is 58.4 Å². The van der Waals surface area contributed by atoms with Gasteiger partial charge in [-0.15, -0.1) is 0 Å². The molecule has 11 heteroatoms. The lowest BCUT2D eigenvalue weighted by atomic mass is 9.82. The van der Waals surface area contributed by atoms with E-state index in [0.29, 0.717) is 26.1 Å². The smallest absolute Gasteiger partial charge is 0.264 e. The quantitative estimate of drug-likeness (QED) is 0.264. The van der Waals surface area contributed by atoms with Gasteiger partial charge in [0, 0.05) is 41.2 Å². The standard InChI is InChI=1S/C40H48BrN3O6Si/c1-26-38(51(3,4)32-16-14-31(49-2)15-17-32)35(23-37(47)43-20-8-11-30(43)25-45)50-40(26)33-22-28(41)13-18-34(33)44(39(40)48)24-27-9-7-10-29(21-27)42-19-6-5-12-36(42)46/h7,9-10,13-18,21-22,26,30,35,38,45H,5-6,8,11-12,19-20,23-25H2,1-4H3/t26-,30-,35+,38-,40+/m0/s1. The van der Waals surface area contributed by atoms with E-state index >= 15 is 4.79 Å². The van der Waals surface area contributed by atoms with Crippen molar-refractivity contribution in [3.8, 4) is 5.75 Å². The molecule has 3 aromatic rings. The second-order valence-electron chi connectivity index (χ2n) is 15.2. The molecule has 51 heavy (non-hydrogen) atoms. The number of ether oxygens (including phenoxy) is 2. The molecule has 3 saturated heterocycles. The van der Waals surface area contributed by atoms with E-state index in [1.807, 2.05) is 69.3 Å². The molecule has 0 bridgehead atoms. The van der Waals surface area contributed by atoms with Gasteiger partial charge in [0.1, 0.15) is 5.75 Å². The van der Waals surface area contributed by atoms with Gasteiger partial charge in [0.2, 0.25) is 11.8 Å². The lowest BCUT2D eigenvalue weighted by molar-refractivity contribution is -0.150. The number of aliphatic hydroxyl groups excluding tert-OH is 1. The summed E-state index contributed by atoms with van der Waals surface area (Å²) >= 11 is 3.69. The van der Waals surface area contributed by atoms with Gasteiger partial charge in [-0.05, 0) is 79.3 Å². The number of carbonyl (C=O) groups excluding carboxylic acids is 3. The average molecular weight is 775 g/mol. The number of hydrogen-bond acceptors (Lipinski definition) is 6. The van der Waals surface area contributed by atoms with Crippen molar-refractivity contribution >= 4 is 58.3 Å². The molecule has 9 nitrogen and oxygen atoms in total. The van der Waals surface area contributed by atoms with E-state index in [9.17, 15) is 14.7 Å². The molecule has 5 atom stereocenters. The molecule has 0 aliphatic carbocycles. The molecule has 0 unspecified atom stereocenters. The van der Waals surface area contributed by atoms with Gasteiger partial charge in [0.05, 0.1) is 52.6 Å². The fourth-order valence-corrected chi connectivity index (χ4v) is 13.7. The molecule has 3 amide bonds. The van der Waals surface area contributed by atoms with Crippen molar-refractivity contribution in [1.82, 2.24) is 4.90 Å². The van der Waals surface area contributed by atoms with Crippen molar-refractivity contribution in [1.29, 1.82) is 0 Å². The number of hydrogen-bond donors (Lipinski definition) is 1. The number of piperidine rings is 1. The SMILES string of the molecule is COc1ccc([Si](C)(C)[C@@H]2[C@@H](CC(=O)N3CCC[C@H]3CO)O[C@]3(C(=O)N(Cc4cccc(N5CCCCC5=O)c4)c4ccc(Br)cc43)[C@H]2C)cc1. The summed E-state index contributed by atoms with van der Waals surface area (Å²) in [6.45, 7) is 8.33. The third-order valence-corrected chi connectivity index (χ3v) is 16.8. The highest BCUT2D eigenvalue weighted by Crippen LogP contribution is 2.60. The first kappa shape index (κ1) is 35.9. The zero-order valence-corrected chi connectivity index (χ0v) is 32.5. The summed E-state index contributed by atoms with van der Waals surface area (Å²) in [6, 6.07) is 21.9. The number of carbonyl (C=O) groups is 3. The van der Waals surface area contributed by atoms with E-state index in [2.05, 4.69) is 48.1 Å². The van der Waals surface area contributed by atoms with Crippen LogP contribution in [0.25, 0.3) is 0 Å². The first-order chi connectivity index (χ1) is 24.5. The van der Waals surface area contributed by atoms with Gasteiger partial charge in [-0.2, -0.15) is 0 Å². The third kappa shape index (κ3) is 6.23. The maximum absolute atomic E-state index is 15.2. The monoisotopic (exact) mass is 773 g/mol. The Morgan fingerprint density at radius 1 is 1.04 bits per heavy atom. The number of benzene rings is 3. The number of methoxy groups -OCH3 is 1. The van der Waals surface area contributed by atoms with Crippen molar-refractivity contribution in [3.63, 3.8) is 0 Å². The van der Waals surface area contributed by atoms with Crippen LogP contribution in [0.1, 0.15) is 56.6 Å². The molecule has 1 N–H and O–H groups in total. The minimum Gasteiger partial charge on any atom is -0.497 e. The van der Waals surface area contributed by atoms with Crippen molar-refractivity contribution in [3.05, 3.63) is 82.3 Å². The maximum Gasteiger partial charge on any atom is 0.264 e. The van der Waals surface area contributed by atoms with Crippen LogP contribution in [0.3, 0.4) is 0 Å². The van der Waals surface area contributed by atoms with Crippen LogP contribution in [0, 0.1) is 5.92 Å². The Balaban J connectivity index is 1.28. The normalized spacial score (nSPS) is 26.4. The number of fused-ring (bicyclic) bond motifs is 2. The molecule has 4 aliphatic rings. The second-order valence-corrected chi connectivity index (χ2v) is 20.8. The highest BCUT2D eigenvalue weighted by Gasteiger charge is 2.66. The molecule has 1 spiro atoms. The molecular formula is C40H48BrN3O6Si. The number of halogens is 1. The number of anilines is 2. The van der Waals surface area contributed by atoms with E-state index in [4.69, 9.17) is 9.47 Å². The molecular weight excluding hydrogens is 726 g/mol. The Labute approximate surface area is 310 Å². The molecule has 3 aromatic carbocycles. The van der Waals surface area contributed by atoms with Crippen LogP contribution in [0.15, 0.2) is 71.2 Å². The first-order valence-electron chi connectivity index (χ1n) is 18.2. The summed E-state index contributed by atoms with van der Waals surface area (Å²) in [5.74, 6) is 0.491. The van der Waals surface area contributed by atoms with Crippen LogP contribution in [0.5, 0.6) is 5.75 Å². The summed E-state index contributed by atoms with van der Waals surface area (Å²) in [5.41, 5.74) is 2.00. The summed E-state index contributed by atoms with van der Waals surface area (Å²) < 4.78 is 13.5. The van der Waals surface area contributed by atoms with Crippen molar-refractivity contribution < 1.29 is 29.0 Å². The third-order valence-electron chi connectivity index (χ3n) is 12.0. The van der Waals surface area contributed by atoms with Gasteiger partial charge in [-0.3, -0.25) is 14.4 Å². The summed E-state index contributed by atoms with van der Waals surface area (Å²) in [7, 11) is -0.791. The Hall–Kier alpha value is -3.51. The van der Waals surface area contributed by atoms with E-state index in [1.54, 1.807) is 7.11 Å². The molecule has 0 saturated carbocycles. The average Bonchev–Trinajstić information content (AvgIpc) is 3.79. The molecule has 4 aliphatic heterocycles. The maximum atomic E-state index is 15.2. The van der Waals surface area contributed by atoms with E-state index in [-0.39, 0.29) is 48.3 Å². The lowest BCUT2D eigenvalue weighted by Crippen LogP contribution is -2.52. The molecule has 270 valence electrons. The fraction of sp³-hybridized carbons (Fsp3) is 0.475. The Bertz CT molecular complexity index is 1820. The Morgan fingerprint density at radius 2 is 1.82 bits per heavy atom. The zero-order valence-electron chi connectivity index (χ0n) is 29.9. The number of nitrogens with zero attached hydrogens (tertiary/aromatic N) is 3. The number of likely N-dealkylation sites (tertiary alicyclic amines) is 1. The van der Waals surface area contributed by atoms with Crippen LogP contribution in [-0.4, -0.2) is 74.8 Å². The molecule has 3 fully saturated rings. The van der Waals surface area contributed by atoms with Gasteiger partial charge in [0.15, 0.2) is 5.60 Å². The topological polar surface area (TPSA) is 99.6 Å². The van der Waals surface area contributed by atoms with Gasteiger partial charge in [-0.1, -0.05) is 65.4 Å². The minimum absolute atomic E-state index is 0.0360. The van der Waals surface area contributed by atoms with Gasteiger partial charge < -0.3 is 29.3 Å². The number of aliphatic hydroxyl groups is 1. The van der Waals surface area contributed by atoms with Crippen molar-refractivity contribution in [2.75, 3.05) is 36.6 Å². The first-order valence-corrected chi connectivity index (χ1v) is 22.1. The fourth-order valence-electron chi connectivity index (χ4n) is 9.37. The van der Waals surface area contributed by atoms with Crippen LogP contribution in [0.2, 0.25) is 18.6 Å². The molecule has 0 radical (unpaired) electrons. The highest BCUT2D eigenvalue weighted by molar-refractivity contribution is 9.10. The van der Waals surface area contributed by atoms with Gasteiger partial charge in [-0.25, -0.2) is 0 Å². The predicted molar refractivity (Wildman–Crippen MR) is 204 cm³/mol. The zero-order chi connectivity index (χ0) is 36.1.